The second-order valence-corrected chi connectivity index (χ2v) is 8.43. The molecule has 1 aliphatic rings. The number of fused-ring (bicyclic) bond motifs is 1. The second-order valence-electron chi connectivity index (χ2n) is 8.43. The first kappa shape index (κ1) is 22.3. The summed E-state index contributed by atoms with van der Waals surface area (Å²) in [6, 6.07) is 10.0. The van der Waals surface area contributed by atoms with E-state index in [-0.39, 0.29) is 18.9 Å². The zero-order valence-electron chi connectivity index (χ0n) is 18.1. The molecule has 0 bridgehead atoms. The molecule has 2 aromatic rings. The Morgan fingerprint density at radius 1 is 1.19 bits per heavy atom. The van der Waals surface area contributed by atoms with E-state index < -0.39 is 23.6 Å². The summed E-state index contributed by atoms with van der Waals surface area (Å²) in [5.74, 6) is -0.728. The first-order valence-electron chi connectivity index (χ1n) is 10.3. The van der Waals surface area contributed by atoms with Crippen LogP contribution < -0.4 is 10.6 Å². The Kier molecular flexibility index (Phi) is 6.89. The van der Waals surface area contributed by atoms with E-state index in [1.165, 1.54) is 4.90 Å². The number of ether oxygens (including phenoxy) is 1. The van der Waals surface area contributed by atoms with Gasteiger partial charge < -0.3 is 15.4 Å². The lowest BCUT2D eigenvalue weighted by atomic mass is 10.1. The summed E-state index contributed by atoms with van der Waals surface area (Å²) in [5.41, 5.74) is 1.73. The number of para-hydroxylation sites is 1. The molecule has 3 amide bonds. The minimum atomic E-state index is -0.983. The van der Waals surface area contributed by atoms with Crippen LogP contribution in [0.1, 0.15) is 38.3 Å². The first-order valence-corrected chi connectivity index (χ1v) is 10.3. The molecule has 1 aromatic carbocycles. The smallest absolute Gasteiger partial charge is 0.411 e. The summed E-state index contributed by atoms with van der Waals surface area (Å²) in [7, 11) is 0. The van der Waals surface area contributed by atoms with Crippen molar-refractivity contribution in [2.24, 2.45) is 0 Å². The quantitative estimate of drug-likeness (QED) is 0.769. The molecule has 164 valence electrons. The van der Waals surface area contributed by atoms with Gasteiger partial charge in [-0.05, 0) is 56.5 Å². The summed E-state index contributed by atoms with van der Waals surface area (Å²) in [6.07, 6.45) is 3.25. The Bertz CT molecular complexity index is 940. The number of carbonyl (C=O) groups is 3. The highest BCUT2D eigenvalue weighted by Gasteiger charge is 2.37. The molecule has 1 unspecified atom stereocenters. The highest BCUT2D eigenvalue weighted by Crippen LogP contribution is 2.26. The Morgan fingerprint density at radius 3 is 2.61 bits per heavy atom. The molecule has 8 nitrogen and oxygen atoms in total. The minimum Gasteiger partial charge on any atom is -0.444 e. The van der Waals surface area contributed by atoms with Crippen LogP contribution >= 0.6 is 0 Å². The zero-order valence-corrected chi connectivity index (χ0v) is 18.1. The summed E-state index contributed by atoms with van der Waals surface area (Å²) < 4.78 is 5.52. The molecule has 0 spiro atoms. The Hall–Kier alpha value is -3.42. The average molecular weight is 425 g/mol. The van der Waals surface area contributed by atoms with Crippen molar-refractivity contribution in [2.45, 2.75) is 51.8 Å². The lowest BCUT2D eigenvalue weighted by molar-refractivity contribution is -0.128. The molecule has 1 atom stereocenters. The van der Waals surface area contributed by atoms with Gasteiger partial charge in [-0.25, -0.2) is 4.79 Å². The van der Waals surface area contributed by atoms with E-state index >= 15 is 0 Å². The van der Waals surface area contributed by atoms with Gasteiger partial charge in [0.05, 0.1) is 13.0 Å². The summed E-state index contributed by atoms with van der Waals surface area (Å²) >= 11 is 0. The van der Waals surface area contributed by atoms with Gasteiger partial charge in [-0.2, -0.15) is 0 Å². The van der Waals surface area contributed by atoms with Crippen molar-refractivity contribution in [3.05, 3.63) is 59.9 Å². The van der Waals surface area contributed by atoms with Crippen molar-refractivity contribution in [2.75, 3.05) is 11.9 Å². The maximum absolute atomic E-state index is 12.9. The molecule has 0 aliphatic carbocycles. The van der Waals surface area contributed by atoms with E-state index in [1.54, 1.807) is 39.2 Å². The van der Waals surface area contributed by atoms with Gasteiger partial charge in [0.15, 0.2) is 0 Å². The maximum atomic E-state index is 12.9. The van der Waals surface area contributed by atoms with Crippen LogP contribution in [0, 0.1) is 0 Å². The molecule has 1 aliphatic heterocycles. The van der Waals surface area contributed by atoms with Gasteiger partial charge in [-0.3, -0.25) is 19.5 Å². The average Bonchev–Trinajstić information content (AvgIpc) is 2.84. The predicted molar refractivity (Wildman–Crippen MR) is 116 cm³/mol. The minimum absolute atomic E-state index is 0.157. The number of carbonyl (C=O) groups excluding carboxylic acids is 3. The number of anilines is 1. The molecule has 2 N–H and O–H groups in total. The number of nitrogens with one attached hydrogen (secondary N) is 2. The highest BCUT2D eigenvalue weighted by molar-refractivity contribution is 6.00. The van der Waals surface area contributed by atoms with Crippen LogP contribution in [0.4, 0.5) is 10.5 Å². The van der Waals surface area contributed by atoms with Gasteiger partial charge >= 0.3 is 6.09 Å². The predicted octanol–water partition coefficient (Wildman–Crippen LogP) is 2.89. The number of aromatic nitrogens is 1. The third-order valence-corrected chi connectivity index (χ3v) is 4.79. The van der Waals surface area contributed by atoms with Crippen molar-refractivity contribution in [1.29, 1.82) is 0 Å². The monoisotopic (exact) mass is 424 g/mol. The maximum Gasteiger partial charge on any atom is 0.411 e. The van der Waals surface area contributed by atoms with E-state index in [0.717, 1.165) is 11.1 Å². The molecular weight excluding hydrogens is 396 g/mol. The third kappa shape index (κ3) is 6.28. The van der Waals surface area contributed by atoms with Gasteiger partial charge in [-0.1, -0.05) is 18.2 Å². The number of benzene rings is 1. The van der Waals surface area contributed by atoms with Crippen molar-refractivity contribution in [3.63, 3.8) is 0 Å². The Labute approximate surface area is 182 Å². The Morgan fingerprint density at radius 2 is 1.90 bits per heavy atom. The number of pyridine rings is 1. The normalized spacial score (nSPS) is 16.0. The van der Waals surface area contributed by atoms with Crippen molar-refractivity contribution < 1.29 is 19.1 Å². The lowest BCUT2D eigenvalue weighted by Gasteiger charge is -2.31. The fourth-order valence-corrected chi connectivity index (χ4v) is 3.29. The number of nitrogens with zero attached hydrogens (tertiary/aromatic N) is 2. The van der Waals surface area contributed by atoms with Crippen molar-refractivity contribution in [3.8, 4) is 0 Å². The van der Waals surface area contributed by atoms with Gasteiger partial charge in [0.2, 0.25) is 11.8 Å². The van der Waals surface area contributed by atoms with E-state index in [2.05, 4.69) is 15.6 Å². The van der Waals surface area contributed by atoms with E-state index in [0.29, 0.717) is 18.7 Å². The molecule has 0 saturated carbocycles. The van der Waals surface area contributed by atoms with Gasteiger partial charge in [0, 0.05) is 24.6 Å². The largest absolute Gasteiger partial charge is 0.444 e. The fourth-order valence-electron chi connectivity index (χ4n) is 3.29. The molecule has 2 heterocycles. The molecule has 8 heteroatoms. The van der Waals surface area contributed by atoms with Crippen molar-refractivity contribution >= 4 is 23.6 Å². The van der Waals surface area contributed by atoms with Crippen LogP contribution in [0.15, 0.2) is 48.8 Å². The van der Waals surface area contributed by atoms with Gasteiger partial charge in [0.25, 0.3) is 0 Å². The topological polar surface area (TPSA) is 101 Å². The van der Waals surface area contributed by atoms with Gasteiger partial charge in [-0.15, -0.1) is 0 Å². The standard InChI is InChI=1S/C23H28N4O4/c1-23(2,3)31-22(30)27-15-17-6-4-5-7-18(17)26-21(29)19(27)14-20(28)25-13-10-16-8-11-24-12-9-16/h4-9,11-12,19H,10,13-15H2,1-3H3,(H,25,28)(H,26,29). The van der Waals surface area contributed by atoms with Crippen molar-refractivity contribution in [1.82, 2.24) is 15.2 Å². The summed E-state index contributed by atoms with van der Waals surface area (Å²) in [6.45, 7) is 5.87. The fraction of sp³-hybridized carbons (Fsp3) is 0.391. The number of rotatable bonds is 5. The highest BCUT2D eigenvalue weighted by atomic mass is 16.6. The molecule has 0 fully saturated rings. The van der Waals surface area contributed by atoms with Crippen LogP contribution in [0.2, 0.25) is 0 Å². The molecule has 0 radical (unpaired) electrons. The molecule has 3 rings (SSSR count). The van der Waals surface area contributed by atoms with Gasteiger partial charge in [0.1, 0.15) is 11.6 Å². The van der Waals surface area contributed by atoms with Crippen LogP contribution in [-0.2, 0) is 27.3 Å². The number of amides is 3. The zero-order chi connectivity index (χ0) is 22.4. The number of hydrogen-bond donors (Lipinski definition) is 2. The second kappa shape index (κ2) is 9.59. The number of hydrogen-bond acceptors (Lipinski definition) is 5. The summed E-state index contributed by atoms with van der Waals surface area (Å²) in [5, 5.41) is 5.66. The molecule has 31 heavy (non-hydrogen) atoms. The van der Waals surface area contributed by atoms with Crippen LogP contribution in [0.3, 0.4) is 0 Å². The van der Waals surface area contributed by atoms with Crippen LogP contribution in [0.25, 0.3) is 0 Å². The Balaban J connectivity index is 1.72. The summed E-state index contributed by atoms with van der Waals surface area (Å²) in [4.78, 5) is 43.7. The molecule has 1 aromatic heterocycles. The first-order chi connectivity index (χ1) is 14.7. The van der Waals surface area contributed by atoms with E-state index in [1.807, 2.05) is 30.3 Å². The molecular formula is C23H28N4O4. The van der Waals surface area contributed by atoms with E-state index in [9.17, 15) is 14.4 Å². The molecule has 0 saturated heterocycles. The third-order valence-electron chi connectivity index (χ3n) is 4.79. The van der Waals surface area contributed by atoms with Crippen LogP contribution in [0.5, 0.6) is 0 Å². The van der Waals surface area contributed by atoms with Crippen LogP contribution in [-0.4, -0.2) is 46.0 Å². The lowest BCUT2D eigenvalue weighted by Crippen LogP contribution is -2.49. The SMILES string of the molecule is CC(C)(C)OC(=O)N1Cc2ccccc2NC(=O)C1CC(=O)NCCc1ccncc1. The van der Waals surface area contributed by atoms with E-state index in [4.69, 9.17) is 4.74 Å².